The third kappa shape index (κ3) is 12.2. The van der Waals surface area contributed by atoms with Gasteiger partial charge in [0.15, 0.2) is 52.4 Å². The molecule has 4 nitrogen and oxygen atoms in total. The molecule has 0 fully saturated rings. The second-order valence-corrected chi connectivity index (χ2v) is 13.7. The minimum Gasteiger partial charge on any atom is -0.489 e. The summed E-state index contributed by atoms with van der Waals surface area (Å²) in [6.07, 6.45) is 14.7. The Morgan fingerprint density at radius 3 is 1.22 bits per heavy atom. The second-order valence-electron chi connectivity index (χ2n) is 13.7. The Morgan fingerprint density at radius 2 is 0.833 bits per heavy atom. The van der Waals surface area contributed by atoms with Gasteiger partial charge in [0, 0.05) is 36.8 Å². The molecule has 300 valence electrons. The molecule has 1 unspecified atom stereocenters. The first kappa shape index (κ1) is 44.8. The SMILES string of the molecule is CCCCCCCCCCCCCCCC(c1c(OB(Oc2cc(F)c(F)c(F)c2)Oc2cc(F)c(F)c(F)c2)cc(F)c(F)c1F)[N+](CC)(CC)CC. The number of hydrogen-bond donors (Lipinski definition) is 0. The number of nitrogens with zero attached hydrogens (tertiary/aromatic N) is 1. The fourth-order valence-electron chi connectivity index (χ4n) is 6.97. The van der Waals surface area contributed by atoms with Crippen molar-refractivity contribution in [3.05, 3.63) is 88.3 Å². The van der Waals surface area contributed by atoms with Gasteiger partial charge in [-0.25, -0.2) is 39.5 Å². The summed E-state index contributed by atoms with van der Waals surface area (Å²) in [4.78, 5) is 0. The molecule has 0 saturated carbocycles. The van der Waals surface area contributed by atoms with Gasteiger partial charge in [0.05, 0.1) is 25.2 Å². The van der Waals surface area contributed by atoms with Gasteiger partial charge in [0.1, 0.15) is 23.3 Å². The van der Waals surface area contributed by atoms with Crippen LogP contribution < -0.4 is 14.0 Å². The molecule has 0 heterocycles. The first-order valence-electron chi connectivity index (χ1n) is 19.1. The molecule has 0 aliphatic carbocycles. The Labute approximate surface area is 313 Å². The minimum absolute atomic E-state index is 0.228. The summed E-state index contributed by atoms with van der Waals surface area (Å²) >= 11 is 0. The first-order valence-corrected chi connectivity index (χ1v) is 19.1. The van der Waals surface area contributed by atoms with E-state index in [0.717, 1.165) is 32.1 Å². The third-order valence-electron chi connectivity index (χ3n) is 10.2. The van der Waals surface area contributed by atoms with Crippen molar-refractivity contribution in [2.45, 2.75) is 124 Å². The van der Waals surface area contributed by atoms with E-state index in [2.05, 4.69) is 6.92 Å². The highest BCUT2D eigenvalue weighted by atomic mass is 19.2. The standard InChI is InChI=1S/C40H52BF9NO3/c1-5-9-10-11-12-13-14-15-16-17-18-19-20-21-34(51(6-2,7-3)8-4)36-35(26-33(46)39(49)40(36)50)54-41(52-27-22-29(42)37(47)30(43)23-27)53-28-24-31(44)38(48)32(45)25-28/h22-26,34H,5-21H2,1-4H3/q+1. The molecule has 54 heavy (non-hydrogen) atoms. The molecule has 0 radical (unpaired) electrons. The number of quaternary nitrogens is 1. The van der Waals surface area contributed by atoms with Crippen LogP contribution in [0.1, 0.15) is 129 Å². The smallest absolute Gasteiger partial charge is 0.489 e. The Balaban J connectivity index is 1.91. The first-order chi connectivity index (χ1) is 25.8. The van der Waals surface area contributed by atoms with Gasteiger partial charge in [0.25, 0.3) is 0 Å². The van der Waals surface area contributed by atoms with Gasteiger partial charge in [-0.2, -0.15) is 0 Å². The number of rotatable bonds is 25. The van der Waals surface area contributed by atoms with Gasteiger partial charge in [0.2, 0.25) is 0 Å². The van der Waals surface area contributed by atoms with Crippen molar-refractivity contribution in [2.75, 3.05) is 19.6 Å². The average Bonchev–Trinajstić information content (AvgIpc) is 3.14. The maximum Gasteiger partial charge on any atom is 0.864 e. The number of hydrogen-bond acceptors (Lipinski definition) is 3. The molecule has 3 aromatic rings. The van der Waals surface area contributed by atoms with Crippen molar-refractivity contribution in [1.29, 1.82) is 0 Å². The number of halogens is 9. The van der Waals surface area contributed by atoms with E-state index in [1.807, 2.05) is 20.8 Å². The van der Waals surface area contributed by atoms with E-state index in [9.17, 15) is 30.7 Å². The van der Waals surface area contributed by atoms with Crippen molar-refractivity contribution in [1.82, 2.24) is 0 Å². The lowest BCUT2D eigenvalue weighted by Gasteiger charge is -2.44. The molecule has 14 heteroatoms. The molecule has 3 rings (SSSR count). The molecule has 0 aliphatic rings. The molecular weight excluding hydrogens is 724 g/mol. The monoisotopic (exact) mass is 776 g/mol. The lowest BCUT2D eigenvalue weighted by Crippen LogP contribution is -2.51. The third-order valence-corrected chi connectivity index (χ3v) is 10.2. The van der Waals surface area contributed by atoms with Crippen LogP contribution in [0.5, 0.6) is 17.2 Å². The zero-order chi connectivity index (χ0) is 39.8. The van der Waals surface area contributed by atoms with Crippen LogP contribution in [0, 0.1) is 52.4 Å². The van der Waals surface area contributed by atoms with Crippen molar-refractivity contribution in [3.63, 3.8) is 0 Å². The second kappa shape index (κ2) is 22.1. The van der Waals surface area contributed by atoms with E-state index in [-0.39, 0.29) is 10.0 Å². The zero-order valence-electron chi connectivity index (χ0n) is 31.6. The zero-order valence-corrected chi connectivity index (χ0v) is 31.6. The van der Waals surface area contributed by atoms with Gasteiger partial charge < -0.3 is 18.4 Å². The molecule has 0 amide bonds. The van der Waals surface area contributed by atoms with E-state index in [1.54, 1.807) is 0 Å². The normalized spacial score (nSPS) is 12.2. The molecular formula is C40H52BF9NO3+. The summed E-state index contributed by atoms with van der Waals surface area (Å²) in [5.41, 5.74) is -0.372. The Hall–Kier alpha value is -3.55. The molecule has 3 aromatic carbocycles. The summed E-state index contributed by atoms with van der Waals surface area (Å²) in [5.74, 6) is -17.5. The fraction of sp³-hybridized carbons (Fsp3) is 0.550. The van der Waals surface area contributed by atoms with Gasteiger partial charge in [-0.3, -0.25) is 0 Å². The summed E-state index contributed by atoms with van der Waals surface area (Å²) < 4.78 is 147. The lowest BCUT2D eigenvalue weighted by molar-refractivity contribution is -0.953. The Bertz CT molecular complexity index is 1510. The van der Waals surface area contributed by atoms with Crippen molar-refractivity contribution >= 4 is 7.32 Å². The largest absolute Gasteiger partial charge is 0.864 e. The molecule has 0 saturated heterocycles. The molecule has 0 aliphatic heterocycles. The van der Waals surface area contributed by atoms with E-state index < -0.39 is 83.0 Å². The summed E-state index contributed by atoms with van der Waals surface area (Å²) in [7, 11) is -2.33. The van der Waals surface area contributed by atoms with Gasteiger partial charge >= 0.3 is 7.32 Å². The summed E-state index contributed by atoms with van der Waals surface area (Å²) in [6.45, 7) is 9.24. The molecule has 0 bridgehead atoms. The predicted octanol–water partition coefficient (Wildman–Crippen LogP) is 12.9. The minimum atomic E-state index is -2.33. The van der Waals surface area contributed by atoms with Gasteiger partial charge in [-0.05, 0) is 27.2 Å². The summed E-state index contributed by atoms with van der Waals surface area (Å²) in [6, 6.07) is 1.37. The molecule has 1 atom stereocenters. The van der Waals surface area contributed by atoms with E-state index >= 15 is 8.78 Å². The van der Waals surface area contributed by atoms with Crippen LogP contribution in [-0.2, 0) is 0 Å². The van der Waals surface area contributed by atoms with E-state index in [0.29, 0.717) is 62.8 Å². The van der Waals surface area contributed by atoms with Crippen LogP contribution in [0.3, 0.4) is 0 Å². The van der Waals surface area contributed by atoms with Crippen LogP contribution >= 0.6 is 0 Å². The fourth-order valence-corrected chi connectivity index (χ4v) is 6.97. The molecule has 0 aromatic heterocycles. The maximum absolute atomic E-state index is 16.1. The van der Waals surface area contributed by atoms with Crippen molar-refractivity contribution in [2.24, 2.45) is 0 Å². The van der Waals surface area contributed by atoms with Crippen molar-refractivity contribution in [3.8, 4) is 17.2 Å². The average molecular weight is 777 g/mol. The summed E-state index contributed by atoms with van der Waals surface area (Å²) in [5, 5.41) is 0. The van der Waals surface area contributed by atoms with Crippen LogP contribution in [-0.4, -0.2) is 31.4 Å². The van der Waals surface area contributed by atoms with Crippen LogP contribution in [0.25, 0.3) is 0 Å². The van der Waals surface area contributed by atoms with Crippen LogP contribution in [0.2, 0.25) is 0 Å². The Kier molecular flexibility index (Phi) is 18.4. The number of benzene rings is 3. The number of unbranched alkanes of at least 4 members (excludes halogenated alkanes) is 12. The molecule has 0 spiro atoms. The quantitative estimate of drug-likeness (QED) is 0.0282. The van der Waals surface area contributed by atoms with Gasteiger partial charge in [-0.1, -0.05) is 84.0 Å². The highest BCUT2D eigenvalue weighted by Crippen LogP contribution is 2.42. The highest BCUT2D eigenvalue weighted by Gasteiger charge is 2.42. The molecule has 0 N–H and O–H groups in total. The Morgan fingerprint density at radius 1 is 0.463 bits per heavy atom. The van der Waals surface area contributed by atoms with Crippen LogP contribution in [0.4, 0.5) is 39.5 Å². The van der Waals surface area contributed by atoms with Crippen LogP contribution in [0.15, 0.2) is 30.3 Å². The van der Waals surface area contributed by atoms with E-state index in [1.165, 1.54) is 44.9 Å². The topological polar surface area (TPSA) is 27.7 Å². The maximum atomic E-state index is 16.1. The van der Waals surface area contributed by atoms with Gasteiger partial charge in [-0.15, -0.1) is 0 Å². The highest BCUT2D eigenvalue weighted by molar-refractivity contribution is 6.39. The van der Waals surface area contributed by atoms with E-state index in [4.69, 9.17) is 14.0 Å². The lowest BCUT2D eigenvalue weighted by atomic mass is 9.93. The predicted molar refractivity (Wildman–Crippen MR) is 192 cm³/mol. The van der Waals surface area contributed by atoms with Crippen molar-refractivity contribution < 1.29 is 58.0 Å².